The second-order valence-corrected chi connectivity index (χ2v) is 4.79. The lowest BCUT2D eigenvalue weighted by Gasteiger charge is -2.12. The van der Waals surface area contributed by atoms with E-state index >= 15 is 0 Å². The Kier molecular flexibility index (Phi) is 3.17. The number of aromatic nitrogens is 2. The summed E-state index contributed by atoms with van der Waals surface area (Å²) in [4.78, 5) is 4.03. The first-order valence-corrected chi connectivity index (χ1v) is 6.36. The number of nitrogens with zero attached hydrogens (tertiary/aromatic N) is 2. The zero-order valence-corrected chi connectivity index (χ0v) is 11.7. The molecule has 108 valence electrons. The molecule has 1 aromatic heterocycles. The molecule has 0 aliphatic rings. The Balaban J connectivity index is 2.43. The Hall–Kier alpha value is -2.34. The van der Waals surface area contributed by atoms with Gasteiger partial charge in [0.25, 0.3) is 0 Å². The van der Waals surface area contributed by atoms with Gasteiger partial charge in [-0.15, -0.1) is 0 Å². The molecule has 2 N–H and O–H groups in total. The van der Waals surface area contributed by atoms with Crippen LogP contribution < -0.4 is 10.5 Å². The molecule has 0 saturated heterocycles. The minimum Gasteiger partial charge on any atom is -0.495 e. The van der Waals surface area contributed by atoms with Gasteiger partial charge in [-0.3, -0.25) is 4.57 Å². The number of fused-ring (bicyclic) bond motifs is 1. The topological polar surface area (TPSA) is 53.1 Å². The van der Waals surface area contributed by atoms with Gasteiger partial charge in [-0.25, -0.2) is 13.8 Å². The first kappa shape index (κ1) is 13.6. The summed E-state index contributed by atoms with van der Waals surface area (Å²) in [6, 6.07) is 7.14. The van der Waals surface area contributed by atoms with Gasteiger partial charge in [0.15, 0.2) is 11.6 Å². The van der Waals surface area contributed by atoms with Crippen molar-refractivity contribution >= 4 is 28.6 Å². The monoisotopic (exact) mass is 309 g/mol. The van der Waals surface area contributed by atoms with E-state index in [1.54, 1.807) is 18.2 Å². The Morgan fingerprint density at radius 3 is 2.71 bits per heavy atom. The zero-order valence-electron chi connectivity index (χ0n) is 10.9. The molecular formula is C14H10ClF2N3O. The van der Waals surface area contributed by atoms with Crippen LogP contribution in [0.25, 0.3) is 16.7 Å². The number of imidazole rings is 1. The molecule has 7 heteroatoms. The lowest BCUT2D eigenvalue weighted by Crippen LogP contribution is -2.04. The fourth-order valence-corrected chi connectivity index (χ4v) is 2.37. The summed E-state index contributed by atoms with van der Waals surface area (Å²) in [5, 5.41) is 0.406. The van der Waals surface area contributed by atoms with Crippen molar-refractivity contribution in [2.24, 2.45) is 0 Å². The standard InChI is InChI=1S/C14H10ClF2N3O/c1-21-11-5-2-7(15)6-10(11)20-13-9(19-14(20)18)4-3-8(16)12(13)17/h2-6H,1H3,(H2,18,19). The maximum atomic E-state index is 14.1. The molecule has 0 radical (unpaired) electrons. The van der Waals surface area contributed by atoms with Gasteiger partial charge < -0.3 is 10.5 Å². The summed E-state index contributed by atoms with van der Waals surface area (Å²) in [6.45, 7) is 0. The largest absolute Gasteiger partial charge is 0.495 e. The Morgan fingerprint density at radius 1 is 1.24 bits per heavy atom. The van der Waals surface area contributed by atoms with Gasteiger partial charge in [-0.2, -0.15) is 0 Å². The molecule has 0 spiro atoms. The van der Waals surface area contributed by atoms with Gasteiger partial charge in [0.1, 0.15) is 11.3 Å². The van der Waals surface area contributed by atoms with Crippen molar-refractivity contribution in [3.8, 4) is 11.4 Å². The number of anilines is 1. The predicted octanol–water partition coefficient (Wildman–Crippen LogP) is 3.55. The SMILES string of the molecule is COc1ccc(Cl)cc1-n1c(N)nc2ccc(F)c(F)c21. The fraction of sp³-hybridized carbons (Fsp3) is 0.0714. The summed E-state index contributed by atoms with van der Waals surface area (Å²) in [6.07, 6.45) is 0. The zero-order chi connectivity index (χ0) is 15.1. The molecule has 0 aliphatic heterocycles. The minimum absolute atomic E-state index is 0.00932. The molecular weight excluding hydrogens is 300 g/mol. The molecule has 0 bridgehead atoms. The summed E-state index contributed by atoms with van der Waals surface area (Å²) < 4.78 is 34.1. The second-order valence-electron chi connectivity index (χ2n) is 4.35. The molecule has 0 unspecified atom stereocenters. The molecule has 21 heavy (non-hydrogen) atoms. The molecule has 4 nitrogen and oxygen atoms in total. The van der Waals surface area contributed by atoms with Crippen LogP contribution in [0.3, 0.4) is 0 Å². The van der Waals surface area contributed by atoms with Crippen LogP contribution in [0.2, 0.25) is 5.02 Å². The number of hydrogen-bond acceptors (Lipinski definition) is 3. The first-order chi connectivity index (χ1) is 10.0. The number of nitrogen functional groups attached to an aromatic ring is 1. The molecule has 0 amide bonds. The van der Waals surface area contributed by atoms with Crippen molar-refractivity contribution in [3.05, 3.63) is 47.0 Å². The summed E-state index contributed by atoms with van der Waals surface area (Å²) >= 11 is 5.97. The van der Waals surface area contributed by atoms with Crippen LogP contribution in [0.5, 0.6) is 5.75 Å². The van der Waals surface area contributed by atoms with Gasteiger partial charge in [-0.05, 0) is 30.3 Å². The number of halogens is 3. The van der Waals surface area contributed by atoms with Crippen molar-refractivity contribution < 1.29 is 13.5 Å². The third kappa shape index (κ3) is 2.08. The van der Waals surface area contributed by atoms with E-state index in [1.807, 2.05) is 0 Å². The van der Waals surface area contributed by atoms with Crippen LogP contribution in [0.4, 0.5) is 14.7 Å². The van der Waals surface area contributed by atoms with Crippen molar-refractivity contribution in [2.45, 2.75) is 0 Å². The van der Waals surface area contributed by atoms with Crippen LogP contribution in [0, 0.1) is 11.6 Å². The van der Waals surface area contributed by atoms with E-state index in [1.165, 1.54) is 17.7 Å². The van der Waals surface area contributed by atoms with E-state index in [9.17, 15) is 8.78 Å². The maximum Gasteiger partial charge on any atom is 0.206 e. The average molecular weight is 310 g/mol. The van der Waals surface area contributed by atoms with Crippen LogP contribution >= 0.6 is 11.6 Å². The summed E-state index contributed by atoms with van der Waals surface area (Å²) in [7, 11) is 1.46. The molecule has 0 aliphatic carbocycles. The third-order valence-corrected chi connectivity index (χ3v) is 3.35. The second kappa shape index (κ2) is 4.89. The quantitative estimate of drug-likeness (QED) is 0.787. The van der Waals surface area contributed by atoms with Gasteiger partial charge in [0, 0.05) is 5.02 Å². The van der Waals surface area contributed by atoms with Crippen molar-refractivity contribution in [2.75, 3.05) is 12.8 Å². The number of rotatable bonds is 2. The first-order valence-electron chi connectivity index (χ1n) is 5.98. The van der Waals surface area contributed by atoms with Crippen molar-refractivity contribution in [3.63, 3.8) is 0 Å². The van der Waals surface area contributed by atoms with Gasteiger partial charge in [-0.1, -0.05) is 11.6 Å². The van der Waals surface area contributed by atoms with Crippen LogP contribution in [-0.4, -0.2) is 16.7 Å². The molecule has 3 aromatic rings. The number of nitrogens with two attached hydrogens (primary N) is 1. The molecule has 0 saturated carbocycles. The highest BCUT2D eigenvalue weighted by Gasteiger charge is 2.19. The number of benzene rings is 2. The van der Waals surface area contributed by atoms with Gasteiger partial charge in [0.05, 0.1) is 18.3 Å². The van der Waals surface area contributed by atoms with E-state index in [0.29, 0.717) is 16.5 Å². The lowest BCUT2D eigenvalue weighted by atomic mass is 10.2. The smallest absolute Gasteiger partial charge is 0.206 e. The van der Waals surface area contributed by atoms with E-state index in [4.69, 9.17) is 22.1 Å². The van der Waals surface area contributed by atoms with Gasteiger partial charge >= 0.3 is 0 Å². The molecule has 2 aromatic carbocycles. The van der Waals surface area contributed by atoms with Crippen molar-refractivity contribution in [1.29, 1.82) is 0 Å². The third-order valence-electron chi connectivity index (χ3n) is 3.12. The van der Waals surface area contributed by atoms with E-state index < -0.39 is 11.6 Å². The molecule has 0 fully saturated rings. The Bertz CT molecular complexity index is 848. The number of ether oxygens (including phenoxy) is 1. The molecule has 3 rings (SSSR count). The molecule has 1 heterocycles. The van der Waals surface area contributed by atoms with E-state index in [-0.39, 0.29) is 17.0 Å². The van der Waals surface area contributed by atoms with Crippen molar-refractivity contribution in [1.82, 2.24) is 9.55 Å². The highest BCUT2D eigenvalue weighted by Crippen LogP contribution is 2.33. The number of methoxy groups -OCH3 is 1. The lowest BCUT2D eigenvalue weighted by molar-refractivity contribution is 0.413. The highest BCUT2D eigenvalue weighted by molar-refractivity contribution is 6.30. The highest BCUT2D eigenvalue weighted by atomic mass is 35.5. The van der Waals surface area contributed by atoms with Crippen LogP contribution in [-0.2, 0) is 0 Å². The van der Waals surface area contributed by atoms with Crippen LogP contribution in [0.15, 0.2) is 30.3 Å². The average Bonchev–Trinajstić information content (AvgIpc) is 2.80. The minimum atomic E-state index is -1.03. The van der Waals surface area contributed by atoms with E-state index in [0.717, 1.165) is 6.07 Å². The Labute approximate surface area is 123 Å². The summed E-state index contributed by atoms with van der Waals surface area (Å²) in [5.41, 5.74) is 6.41. The maximum absolute atomic E-state index is 14.1. The summed E-state index contributed by atoms with van der Waals surface area (Å²) in [5.74, 6) is -1.59. The molecule has 0 atom stereocenters. The van der Waals surface area contributed by atoms with Gasteiger partial charge in [0.2, 0.25) is 5.95 Å². The normalized spacial score (nSPS) is 11.0. The van der Waals surface area contributed by atoms with E-state index in [2.05, 4.69) is 4.98 Å². The van der Waals surface area contributed by atoms with Crippen LogP contribution in [0.1, 0.15) is 0 Å². The number of hydrogen-bond donors (Lipinski definition) is 1. The predicted molar refractivity (Wildman–Crippen MR) is 77.0 cm³/mol. The Morgan fingerprint density at radius 2 is 2.00 bits per heavy atom. The fourth-order valence-electron chi connectivity index (χ4n) is 2.20.